The Hall–Kier alpha value is -2.19. The highest BCUT2D eigenvalue weighted by Gasteiger charge is 2.32. The van der Waals surface area contributed by atoms with E-state index in [-0.39, 0.29) is 5.91 Å². The molecule has 1 amide bonds. The van der Waals surface area contributed by atoms with Gasteiger partial charge in [0.2, 0.25) is 6.17 Å². The van der Waals surface area contributed by atoms with Crippen LogP contribution in [-0.2, 0) is 4.79 Å². The van der Waals surface area contributed by atoms with Crippen molar-refractivity contribution in [3.8, 4) is 0 Å². The van der Waals surface area contributed by atoms with Crippen molar-refractivity contribution in [2.45, 2.75) is 6.17 Å². The third-order valence-corrected chi connectivity index (χ3v) is 6.13. The standard InChI is InChI=1S/C21H21Cl2N5OS/c1-27-17-7-6-13(22)12-15(17)18(14-4-2-3-5-16(14)23)25-19(20(27)29)26-21(30)28-10-8-24-9-11-28/h2-7,12,19,24H,8-11H2,1H3,(H,26,30). The smallest absolute Gasteiger partial charge is 0.272 e. The molecule has 30 heavy (non-hydrogen) atoms. The molecule has 4 rings (SSSR count). The number of carbonyl (C=O) groups is 1. The molecule has 6 nitrogen and oxygen atoms in total. The van der Waals surface area contributed by atoms with E-state index < -0.39 is 6.17 Å². The second-order valence-electron chi connectivity index (χ2n) is 7.11. The van der Waals surface area contributed by atoms with Crippen LogP contribution >= 0.6 is 35.4 Å². The van der Waals surface area contributed by atoms with Gasteiger partial charge in [-0.1, -0.05) is 41.4 Å². The summed E-state index contributed by atoms with van der Waals surface area (Å²) in [4.78, 5) is 21.7. The molecule has 0 saturated carbocycles. The van der Waals surface area contributed by atoms with Crippen LogP contribution in [0.1, 0.15) is 11.1 Å². The Morgan fingerprint density at radius 2 is 1.90 bits per heavy atom. The van der Waals surface area contributed by atoms with Crippen LogP contribution in [0.2, 0.25) is 10.0 Å². The maximum Gasteiger partial charge on any atom is 0.272 e. The van der Waals surface area contributed by atoms with Crippen molar-refractivity contribution in [3.05, 3.63) is 63.6 Å². The van der Waals surface area contributed by atoms with Crippen LogP contribution in [0.15, 0.2) is 47.5 Å². The average molecular weight is 462 g/mol. The molecule has 0 aliphatic carbocycles. The van der Waals surface area contributed by atoms with E-state index in [1.165, 1.54) is 0 Å². The van der Waals surface area contributed by atoms with Crippen molar-refractivity contribution in [3.63, 3.8) is 0 Å². The fourth-order valence-electron chi connectivity index (χ4n) is 3.58. The van der Waals surface area contributed by atoms with Gasteiger partial charge in [0.1, 0.15) is 0 Å². The van der Waals surface area contributed by atoms with Gasteiger partial charge in [-0.15, -0.1) is 0 Å². The SMILES string of the molecule is CN1C(=O)C(NC(=S)N2CCNCC2)N=C(c2ccccc2Cl)c2cc(Cl)ccc21. The third-order valence-electron chi connectivity index (χ3n) is 5.19. The highest BCUT2D eigenvalue weighted by Crippen LogP contribution is 2.31. The van der Waals surface area contributed by atoms with Crippen LogP contribution in [0.25, 0.3) is 0 Å². The number of likely N-dealkylation sites (N-methyl/N-ethyl adjacent to an activating group) is 1. The Balaban J connectivity index is 1.78. The summed E-state index contributed by atoms with van der Waals surface area (Å²) in [6, 6.07) is 12.8. The first-order valence-corrected chi connectivity index (χ1v) is 10.8. The van der Waals surface area contributed by atoms with Gasteiger partial charge in [0.05, 0.1) is 11.4 Å². The summed E-state index contributed by atoms with van der Waals surface area (Å²) in [5.41, 5.74) is 2.77. The Kier molecular flexibility index (Phi) is 6.24. The molecule has 0 aromatic heterocycles. The minimum absolute atomic E-state index is 0.210. The van der Waals surface area contributed by atoms with Gasteiger partial charge in [-0.05, 0) is 36.5 Å². The number of rotatable bonds is 2. The zero-order valence-electron chi connectivity index (χ0n) is 16.4. The van der Waals surface area contributed by atoms with Crippen LogP contribution in [0.5, 0.6) is 0 Å². The van der Waals surface area contributed by atoms with E-state index in [1.807, 2.05) is 29.2 Å². The number of nitrogens with one attached hydrogen (secondary N) is 2. The van der Waals surface area contributed by atoms with E-state index >= 15 is 0 Å². The van der Waals surface area contributed by atoms with E-state index in [9.17, 15) is 4.79 Å². The third kappa shape index (κ3) is 4.16. The highest BCUT2D eigenvalue weighted by atomic mass is 35.5. The summed E-state index contributed by atoms with van der Waals surface area (Å²) >= 11 is 18.4. The van der Waals surface area contributed by atoms with Crippen molar-refractivity contribution in [2.75, 3.05) is 38.1 Å². The van der Waals surface area contributed by atoms with Crippen LogP contribution in [-0.4, -0.2) is 61.0 Å². The summed E-state index contributed by atoms with van der Waals surface area (Å²) in [5.74, 6) is -0.210. The van der Waals surface area contributed by atoms with Crippen molar-refractivity contribution in [1.29, 1.82) is 0 Å². The molecule has 0 bridgehead atoms. The summed E-state index contributed by atoms with van der Waals surface area (Å²) in [6.07, 6.45) is -0.880. The van der Waals surface area contributed by atoms with Gasteiger partial charge in [-0.3, -0.25) is 4.79 Å². The molecule has 1 unspecified atom stereocenters. The van der Waals surface area contributed by atoms with E-state index in [2.05, 4.69) is 10.6 Å². The number of carbonyl (C=O) groups excluding carboxylic acids is 1. The highest BCUT2D eigenvalue weighted by molar-refractivity contribution is 7.80. The second kappa shape index (κ2) is 8.89. The van der Waals surface area contributed by atoms with Crippen LogP contribution in [0, 0.1) is 0 Å². The van der Waals surface area contributed by atoms with Gasteiger partial charge in [0.25, 0.3) is 5.91 Å². The molecule has 0 radical (unpaired) electrons. The molecule has 1 atom stereocenters. The molecule has 2 aliphatic rings. The van der Waals surface area contributed by atoms with Gasteiger partial charge in [-0.25, -0.2) is 4.99 Å². The largest absolute Gasteiger partial charge is 0.347 e. The van der Waals surface area contributed by atoms with Crippen molar-refractivity contribution in [1.82, 2.24) is 15.5 Å². The molecule has 2 aromatic rings. The maximum atomic E-state index is 13.3. The number of hydrogen-bond acceptors (Lipinski definition) is 4. The molecule has 9 heteroatoms. The molecule has 2 heterocycles. The average Bonchev–Trinajstić information content (AvgIpc) is 2.85. The minimum atomic E-state index is -0.880. The Morgan fingerprint density at radius 1 is 1.17 bits per heavy atom. The van der Waals surface area contributed by atoms with Crippen molar-refractivity contribution < 1.29 is 4.79 Å². The number of amides is 1. The fraction of sp³-hybridized carbons (Fsp3) is 0.286. The first-order valence-electron chi connectivity index (χ1n) is 9.62. The van der Waals surface area contributed by atoms with Gasteiger partial charge in [0.15, 0.2) is 5.11 Å². The number of benzene rings is 2. The number of piperazine rings is 1. The molecule has 2 N–H and O–H groups in total. The first-order chi connectivity index (χ1) is 14.5. The molecule has 2 aromatic carbocycles. The normalized spacial score (nSPS) is 19.1. The lowest BCUT2D eigenvalue weighted by Crippen LogP contribution is -2.54. The molecule has 0 spiro atoms. The molecular weight excluding hydrogens is 441 g/mol. The molecule has 1 fully saturated rings. The predicted octanol–water partition coefficient (Wildman–Crippen LogP) is 2.91. The number of halogens is 2. The van der Waals surface area contributed by atoms with Crippen LogP contribution < -0.4 is 15.5 Å². The Labute approximate surface area is 190 Å². The topological polar surface area (TPSA) is 60.0 Å². The summed E-state index contributed by atoms with van der Waals surface area (Å²) in [7, 11) is 1.72. The van der Waals surface area contributed by atoms with E-state index in [0.29, 0.717) is 26.6 Å². The van der Waals surface area contributed by atoms with E-state index in [1.54, 1.807) is 30.1 Å². The first kappa shape index (κ1) is 21.1. The maximum absolute atomic E-state index is 13.3. The molecule has 1 saturated heterocycles. The second-order valence-corrected chi connectivity index (χ2v) is 8.34. The van der Waals surface area contributed by atoms with Crippen LogP contribution in [0.4, 0.5) is 5.69 Å². The van der Waals surface area contributed by atoms with E-state index in [4.69, 9.17) is 40.4 Å². The molecule has 2 aliphatic heterocycles. The lowest BCUT2D eigenvalue weighted by Gasteiger charge is -2.31. The zero-order chi connectivity index (χ0) is 21.3. The number of fused-ring (bicyclic) bond motifs is 1. The molecule has 156 valence electrons. The summed E-state index contributed by atoms with van der Waals surface area (Å²) in [6.45, 7) is 3.25. The van der Waals surface area contributed by atoms with E-state index in [0.717, 1.165) is 37.3 Å². The van der Waals surface area contributed by atoms with Crippen molar-refractivity contribution in [2.24, 2.45) is 4.99 Å². The number of nitrogens with zero attached hydrogens (tertiary/aromatic N) is 3. The number of aliphatic imine (C=N–C) groups is 1. The van der Waals surface area contributed by atoms with Gasteiger partial charge >= 0.3 is 0 Å². The number of anilines is 1. The monoisotopic (exact) mass is 461 g/mol. The number of hydrogen-bond donors (Lipinski definition) is 2. The Morgan fingerprint density at radius 3 is 2.63 bits per heavy atom. The van der Waals surface area contributed by atoms with Gasteiger partial charge in [0, 0.05) is 54.4 Å². The number of benzodiazepines with no additional fused rings is 1. The lowest BCUT2D eigenvalue weighted by molar-refractivity contribution is -0.119. The minimum Gasteiger partial charge on any atom is -0.347 e. The number of thiocarbonyl (C=S) groups is 1. The molecular formula is C21H21Cl2N5OS. The fourth-order valence-corrected chi connectivity index (χ4v) is 4.28. The summed E-state index contributed by atoms with van der Waals surface area (Å²) < 4.78 is 0. The van der Waals surface area contributed by atoms with Crippen LogP contribution in [0.3, 0.4) is 0 Å². The Bertz CT molecular complexity index is 1020. The predicted molar refractivity (Wildman–Crippen MR) is 126 cm³/mol. The van der Waals surface area contributed by atoms with Crippen molar-refractivity contribution >= 4 is 57.8 Å². The summed E-state index contributed by atoms with van der Waals surface area (Å²) in [5, 5.41) is 8.05. The zero-order valence-corrected chi connectivity index (χ0v) is 18.7. The van der Waals surface area contributed by atoms with Gasteiger partial charge in [-0.2, -0.15) is 0 Å². The lowest BCUT2D eigenvalue weighted by atomic mass is 10.00. The van der Waals surface area contributed by atoms with Gasteiger partial charge < -0.3 is 20.4 Å². The quantitative estimate of drug-likeness (QED) is 0.673.